The lowest BCUT2D eigenvalue weighted by atomic mass is 10.1. The zero-order valence-corrected chi connectivity index (χ0v) is 16.8. The summed E-state index contributed by atoms with van der Waals surface area (Å²) in [6.07, 6.45) is 0.0333. The third kappa shape index (κ3) is 4.01. The molecule has 1 heterocycles. The summed E-state index contributed by atoms with van der Waals surface area (Å²) in [5.41, 5.74) is 1.62. The van der Waals surface area contributed by atoms with E-state index in [4.69, 9.17) is 9.47 Å². The van der Waals surface area contributed by atoms with Crippen LogP contribution in [0.1, 0.15) is 16.8 Å². The van der Waals surface area contributed by atoms with Crippen LogP contribution in [0, 0.1) is 0 Å². The summed E-state index contributed by atoms with van der Waals surface area (Å²) in [7, 11) is 6.37. The first kappa shape index (κ1) is 20.2. The molecule has 3 rings (SSSR count). The minimum absolute atomic E-state index is 0.0333. The molecule has 1 fully saturated rings. The normalized spacial score (nSPS) is 16.0. The SMILES string of the molecule is COc1ccc(N2C(=O)CC(Nc3ccc(C(=O)N(C)C)cc3)C2=O)cc1OC. The Morgan fingerprint density at radius 1 is 1.03 bits per heavy atom. The fraction of sp³-hybridized carbons (Fsp3) is 0.286. The van der Waals surface area contributed by atoms with Crippen LogP contribution in [0.5, 0.6) is 11.5 Å². The summed E-state index contributed by atoms with van der Waals surface area (Å²) in [6.45, 7) is 0. The molecule has 0 bridgehead atoms. The number of carbonyl (C=O) groups excluding carboxylic acids is 3. The number of carbonyl (C=O) groups is 3. The Balaban J connectivity index is 1.76. The molecular weight excluding hydrogens is 374 g/mol. The van der Waals surface area contributed by atoms with Gasteiger partial charge in [-0.15, -0.1) is 0 Å². The Hall–Kier alpha value is -3.55. The summed E-state index contributed by atoms with van der Waals surface area (Å²) in [6, 6.07) is 11.0. The number of hydrogen-bond acceptors (Lipinski definition) is 6. The zero-order valence-electron chi connectivity index (χ0n) is 16.8. The van der Waals surface area contributed by atoms with Gasteiger partial charge in [0.25, 0.3) is 11.8 Å². The van der Waals surface area contributed by atoms with Crippen molar-refractivity contribution in [3.63, 3.8) is 0 Å². The Kier molecular flexibility index (Phi) is 5.72. The summed E-state index contributed by atoms with van der Waals surface area (Å²) >= 11 is 0. The highest BCUT2D eigenvalue weighted by atomic mass is 16.5. The standard InChI is InChI=1S/C21H23N3O5/c1-23(2)20(26)13-5-7-14(8-6-13)22-16-12-19(25)24(21(16)27)15-9-10-17(28-3)18(11-15)29-4/h5-11,16,22H,12H2,1-4H3. The molecule has 0 radical (unpaired) electrons. The lowest BCUT2D eigenvalue weighted by Gasteiger charge is -2.18. The van der Waals surface area contributed by atoms with Gasteiger partial charge in [-0.1, -0.05) is 0 Å². The number of ether oxygens (including phenoxy) is 2. The van der Waals surface area contributed by atoms with Crippen LogP contribution in [-0.2, 0) is 9.59 Å². The van der Waals surface area contributed by atoms with E-state index in [0.717, 1.165) is 4.90 Å². The average Bonchev–Trinajstić information content (AvgIpc) is 3.00. The van der Waals surface area contributed by atoms with Crippen molar-refractivity contribution in [3.8, 4) is 11.5 Å². The van der Waals surface area contributed by atoms with Crippen LogP contribution in [-0.4, -0.2) is 57.0 Å². The van der Waals surface area contributed by atoms with Gasteiger partial charge in [0.15, 0.2) is 11.5 Å². The maximum atomic E-state index is 12.8. The molecule has 1 aliphatic heterocycles. The van der Waals surface area contributed by atoms with Crippen LogP contribution < -0.4 is 19.7 Å². The highest BCUT2D eigenvalue weighted by Gasteiger charge is 2.39. The van der Waals surface area contributed by atoms with Crippen molar-refractivity contribution in [2.45, 2.75) is 12.5 Å². The van der Waals surface area contributed by atoms with Crippen molar-refractivity contribution in [2.75, 3.05) is 38.5 Å². The molecule has 1 saturated heterocycles. The maximum Gasteiger partial charge on any atom is 0.256 e. The Labute approximate surface area is 169 Å². The van der Waals surface area contributed by atoms with Gasteiger partial charge in [-0.05, 0) is 36.4 Å². The number of benzene rings is 2. The van der Waals surface area contributed by atoms with E-state index in [1.54, 1.807) is 56.6 Å². The monoisotopic (exact) mass is 397 g/mol. The lowest BCUT2D eigenvalue weighted by molar-refractivity contribution is -0.121. The molecule has 1 unspecified atom stereocenters. The lowest BCUT2D eigenvalue weighted by Crippen LogP contribution is -2.34. The van der Waals surface area contributed by atoms with Gasteiger partial charge < -0.3 is 19.7 Å². The summed E-state index contributed by atoms with van der Waals surface area (Å²) in [5, 5.41) is 3.07. The highest BCUT2D eigenvalue weighted by molar-refractivity contribution is 6.23. The van der Waals surface area contributed by atoms with Crippen molar-refractivity contribution in [1.82, 2.24) is 4.90 Å². The predicted octanol–water partition coefficient (Wildman–Crippen LogP) is 2.15. The summed E-state index contributed by atoms with van der Waals surface area (Å²) < 4.78 is 10.5. The third-order valence-electron chi connectivity index (χ3n) is 4.65. The van der Waals surface area contributed by atoms with Gasteiger partial charge in [0.2, 0.25) is 5.91 Å². The van der Waals surface area contributed by atoms with Gasteiger partial charge in [-0.3, -0.25) is 14.4 Å². The van der Waals surface area contributed by atoms with Crippen molar-refractivity contribution in [2.24, 2.45) is 0 Å². The molecule has 8 nitrogen and oxygen atoms in total. The van der Waals surface area contributed by atoms with E-state index < -0.39 is 6.04 Å². The number of rotatable bonds is 6. The number of nitrogens with one attached hydrogen (secondary N) is 1. The van der Waals surface area contributed by atoms with Gasteiger partial charge in [-0.25, -0.2) is 4.90 Å². The van der Waals surface area contributed by atoms with E-state index in [1.807, 2.05) is 0 Å². The molecule has 1 atom stereocenters. The summed E-state index contributed by atoms with van der Waals surface area (Å²) in [5.74, 6) is 0.179. The first-order valence-corrected chi connectivity index (χ1v) is 9.02. The molecule has 152 valence electrons. The molecule has 0 spiro atoms. The van der Waals surface area contributed by atoms with Crippen LogP contribution in [0.25, 0.3) is 0 Å². The number of hydrogen-bond donors (Lipinski definition) is 1. The van der Waals surface area contributed by atoms with E-state index in [9.17, 15) is 14.4 Å². The largest absolute Gasteiger partial charge is 0.493 e. The number of amides is 3. The first-order chi connectivity index (χ1) is 13.8. The third-order valence-corrected chi connectivity index (χ3v) is 4.65. The van der Waals surface area contributed by atoms with Crippen molar-refractivity contribution < 1.29 is 23.9 Å². The van der Waals surface area contributed by atoms with Crippen LogP contribution in [0.15, 0.2) is 42.5 Å². The summed E-state index contributed by atoms with van der Waals surface area (Å²) in [4.78, 5) is 40.0. The number of nitrogens with zero attached hydrogens (tertiary/aromatic N) is 2. The van der Waals surface area contributed by atoms with Crippen molar-refractivity contribution in [3.05, 3.63) is 48.0 Å². The Morgan fingerprint density at radius 2 is 1.69 bits per heavy atom. The van der Waals surface area contributed by atoms with Crippen LogP contribution in [0.4, 0.5) is 11.4 Å². The second kappa shape index (κ2) is 8.22. The fourth-order valence-electron chi connectivity index (χ4n) is 3.15. The minimum Gasteiger partial charge on any atom is -0.493 e. The highest BCUT2D eigenvalue weighted by Crippen LogP contribution is 2.34. The first-order valence-electron chi connectivity index (χ1n) is 9.02. The molecule has 0 aromatic heterocycles. The molecular formula is C21H23N3O5. The molecule has 3 amide bonds. The van der Waals surface area contributed by atoms with E-state index in [1.165, 1.54) is 19.1 Å². The van der Waals surface area contributed by atoms with E-state index in [2.05, 4.69) is 5.32 Å². The zero-order chi connectivity index (χ0) is 21.1. The van der Waals surface area contributed by atoms with Gasteiger partial charge >= 0.3 is 0 Å². The Bertz CT molecular complexity index is 940. The fourth-order valence-corrected chi connectivity index (χ4v) is 3.15. The quantitative estimate of drug-likeness (QED) is 0.752. The van der Waals surface area contributed by atoms with Crippen LogP contribution in [0.2, 0.25) is 0 Å². The second-order valence-electron chi connectivity index (χ2n) is 6.78. The number of methoxy groups -OCH3 is 2. The molecule has 1 aliphatic rings. The van der Waals surface area contributed by atoms with E-state index in [0.29, 0.717) is 28.4 Å². The predicted molar refractivity (Wildman–Crippen MR) is 109 cm³/mol. The van der Waals surface area contributed by atoms with Gasteiger partial charge in [0.1, 0.15) is 6.04 Å². The van der Waals surface area contributed by atoms with E-state index >= 15 is 0 Å². The van der Waals surface area contributed by atoms with Gasteiger partial charge in [-0.2, -0.15) is 0 Å². The van der Waals surface area contributed by atoms with Crippen LogP contribution >= 0.6 is 0 Å². The van der Waals surface area contributed by atoms with Crippen molar-refractivity contribution >= 4 is 29.1 Å². The van der Waals surface area contributed by atoms with Crippen molar-refractivity contribution in [1.29, 1.82) is 0 Å². The second-order valence-corrected chi connectivity index (χ2v) is 6.78. The van der Waals surface area contributed by atoms with Gasteiger partial charge in [0, 0.05) is 31.4 Å². The molecule has 2 aromatic rings. The maximum absolute atomic E-state index is 12.8. The molecule has 0 aliphatic carbocycles. The van der Waals surface area contributed by atoms with E-state index in [-0.39, 0.29) is 24.1 Å². The number of imide groups is 1. The van der Waals surface area contributed by atoms with Gasteiger partial charge in [0.05, 0.1) is 26.3 Å². The molecule has 29 heavy (non-hydrogen) atoms. The minimum atomic E-state index is -0.689. The number of anilines is 2. The smallest absolute Gasteiger partial charge is 0.256 e. The topological polar surface area (TPSA) is 88.2 Å². The molecule has 2 aromatic carbocycles. The average molecular weight is 397 g/mol. The molecule has 0 saturated carbocycles. The molecule has 1 N–H and O–H groups in total. The molecule has 8 heteroatoms. The van der Waals surface area contributed by atoms with Crippen LogP contribution in [0.3, 0.4) is 0 Å². The Morgan fingerprint density at radius 3 is 2.28 bits per heavy atom.